The van der Waals surface area contributed by atoms with Crippen molar-refractivity contribution in [2.75, 3.05) is 5.01 Å². The number of nitrogens with zero attached hydrogens (tertiary/aromatic N) is 1. The van der Waals surface area contributed by atoms with Crippen LogP contribution in [0.3, 0.4) is 0 Å². The van der Waals surface area contributed by atoms with E-state index in [1.54, 1.807) is 30.3 Å². The number of hydrogen-bond donors (Lipinski definition) is 2. The smallest absolute Gasteiger partial charge is 0.423 e. The Labute approximate surface area is 115 Å². The SMILES string of the molecule is O=C(O)NN1c2ccccc2CC(=O)c2ccccc21. The molecule has 0 spiro atoms. The standard InChI is InChI=1S/C15H12N2O3/c18-14-9-10-5-1-3-7-12(10)17(16-15(19)20)13-8-4-2-6-11(13)14/h1-8,16H,9H2,(H,19,20). The molecule has 1 aliphatic heterocycles. The van der Waals surface area contributed by atoms with E-state index in [1.165, 1.54) is 5.01 Å². The topological polar surface area (TPSA) is 69.6 Å². The molecule has 0 radical (unpaired) electrons. The van der Waals surface area contributed by atoms with Gasteiger partial charge in [-0.2, -0.15) is 0 Å². The second kappa shape index (κ2) is 4.70. The van der Waals surface area contributed by atoms with Crippen LogP contribution >= 0.6 is 0 Å². The molecule has 0 atom stereocenters. The minimum atomic E-state index is -1.18. The Morgan fingerprint density at radius 1 is 1.05 bits per heavy atom. The maximum absolute atomic E-state index is 12.3. The Morgan fingerprint density at radius 3 is 2.45 bits per heavy atom. The van der Waals surface area contributed by atoms with Crippen LogP contribution in [0.25, 0.3) is 0 Å². The molecule has 1 heterocycles. The van der Waals surface area contributed by atoms with Crippen molar-refractivity contribution in [1.82, 2.24) is 5.43 Å². The summed E-state index contributed by atoms with van der Waals surface area (Å²) in [4.78, 5) is 23.3. The van der Waals surface area contributed by atoms with Crippen molar-refractivity contribution in [3.8, 4) is 0 Å². The molecule has 0 bridgehead atoms. The molecular weight excluding hydrogens is 256 g/mol. The van der Waals surface area contributed by atoms with Crippen LogP contribution in [0.4, 0.5) is 16.2 Å². The van der Waals surface area contributed by atoms with Gasteiger partial charge in [0.05, 0.1) is 11.4 Å². The summed E-state index contributed by atoms with van der Waals surface area (Å²) in [6, 6.07) is 14.2. The summed E-state index contributed by atoms with van der Waals surface area (Å²) in [7, 11) is 0. The predicted octanol–water partition coefficient (Wildman–Crippen LogP) is 2.75. The van der Waals surface area contributed by atoms with Crippen LogP contribution in [0, 0.1) is 0 Å². The summed E-state index contributed by atoms with van der Waals surface area (Å²) in [5, 5.41) is 10.5. The molecule has 0 saturated heterocycles. The van der Waals surface area contributed by atoms with Crippen LogP contribution in [-0.2, 0) is 6.42 Å². The number of rotatable bonds is 1. The molecule has 2 N–H and O–H groups in total. The van der Waals surface area contributed by atoms with E-state index < -0.39 is 6.09 Å². The second-order valence-corrected chi connectivity index (χ2v) is 4.50. The molecule has 0 saturated carbocycles. The van der Waals surface area contributed by atoms with Crippen molar-refractivity contribution in [2.24, 2.45) is 0 Å². The summed E-state index contributed by atoms with van der Waals surface area (Å²) >= 11 is 0. The average molecular weight is 268 g/mol. The molecule has 1 amide bonds. The van der Waals surface area contributed by atoms with Crippen LogP contribution in [-0.4, -0.2) is 17.0 Å². The summed E-state index contributed by atoms with van der Waals surface area (Å²) in [5.74, 6) is -0.0252. The van der Waals surface area contributed by atoms with Gasteiger partial charge in [-0.3, -0.25) is 9.80 Å². The number of hydrazine groups is 1. The average Bonchev–Trinajstić information content (AvgIpc) is 2.55. The molecule has 0 aromatic heterocycles. The number of carboxylic acid groups (broad SMARTS) is 1. The lowest BCUT2D eigenvalue weighted by molar-refractivity contribution is 0.0994. The Morgan fingerprint density at radius 2 is 1.70 bits per heavy atom. The van der Waals surface area contributed by atoms with E-state index in [9.17, 15) is 9.59 Å². The third kappa shape index (κ3) is 1.99. The fourth-order valence-electron chi connectivity index (χ4n) is 2.40. The highest BCUT2D eigenvalue weighted by Gasteiger charge is 2.25. The van der Waals surface area contributed by atoms with E-state index in [4.69, 9.17) is 5.11 Å². The molecule has 2 aromatic rings. The lowest BCUT2D eigenvalue weighted by Crippen LogP contribution is -2.38. The monoisotopic (exact) mass is 268 g/mol. The normalized spacial score (nSPS) is 13.2. The highest BCUT2D eigenvalue weighted by atomic mass is 16.4. The van der Waals surface area contributed by atoms with Crippen LogP contribution in [0.2, 0.25) is 0 Å². The molecule has 0 unspecified atom stereocenters. The Hall–Kier alpha value is -2.82. The van der Waals surface area contributed by atoms with Gasteiger partial charge in [-0.25, -0.2) is 10.2 Å². The Balaban J connectivity index is 2.23. The van der Waals surface area contributed by atoms with Gasteiger partial charge in [0, 0.05) is 12.0 Å². The van der Waals surface area contributed by atoms with Crippen molar-refractivity contribution in [1.29, 1.82) is 0 Å². The molecule has 0 aliphatic carbocycles. The maximum Gasteiger partial charge on any atom is 0.423 e. The van der Waals surface area contributed by atoms with Crippen molar-refractivity contribution < 1.29 is 14.7 Å². The minimum absolute atomic E-state index is 0.0252. The van der Waals surface area contributed by atoms with E-state index in [2.05, 4.69) is 5.43 Å². The van der Waals surface area contributed by atoms with E-state index in [0.29, 0.717) is 16.9 Å². The third-order valence-electron chi connectivity index (χ3n) is 3.24. The lowest BCUT2D eigenvalue weighted by atomic mass is 10.0. The molecule has 100 valence electrons. The summed E-state index contributed by atoms with van der Waals surface area (Å²) < 4.78 is 0. The number of Topliss-reactive ketones (excluding diaryl/α,β-unsaturated/α-hetero) is 1. The zero-order chi connectivity index (χ0) is 14.1. The van der Waals surface area contributed by atoms with Gasteiger partial charge in [-0.15, -0.1) is 0 Å². The number of para-hydroxylation sites is 2. The highest BCUT2D eigenvalue weighted by molar-refractivity contribution is 6.05. The fourth-order valence-corrected chi connectivity index (χ4v) is 2.40. The fraction of sp³-hybridized carbons (Fsp3) is 0.0667. The minimum Gasteiger partial charge on any atom is -0.464 e. The van der Waals surface area contributed by atoms with E-state index >= 15 is 0 Å². The predicted molar refractivity (Wildman–Crippen MR) is 74.2 cm³/mol. The number of amides is 1. The molecule has 20 heavy (non-hydrogen) atoms. The Bertz CT molecular complexity index is 697. The van der Waals surface area contributed by atoms with Crippen LogP contribution in [0.15, 0.2) is 48.5 Å². The van der Waals surface area contributed by atoms with E-state index in [-0.39, 0.29) is 12.2 Å². The third-order valence-corrected chi connectivity index (χ3v) is 3.24. The number of hydrogen-bond acceptors (Lipinski definition) is 3. The van der Waals surface area contributed by atoms with Crippen LogP contribution in [0.1, 0.15) is 15.9 Å². The number of carbonyl (C=O) groups is 2. The maximum atomic E-state index is 12.3. The van der Waals surface area contributed by atoms with Crippen molar-refractivity contribution in [2.45, 2.75) is 6.42 Å². The molecule has 5 nitrogen and oxygen atoms in total. The van der Waals surface area contributed by atoms with Gasteiger partial charge in [-0.05, 0) is 23.8 Å². The molecule has 0 fully saturated rings. The van der Waals surface area contributed by atoms with Gasteiger partial charge in [-0.1, -0.05) is 30.3 Å². The number of fused-ring (bicyclic) bond motifs is 2. The first-order chi connectivity index (χ1) is 9.66. The van der Waals surface area contributed by atoms with Crippen molar-refractivity contribution >= 4 is 23.3 Å². The number of ketones is 1. The Kier molecular flexibility index (Phi) is 2.87. The van der Waals surface area contributed by atoms with E-state index in [0.717, 1.165) is 5.56 Å². The van der Waals surface area contributed by atoms with Crippen LogP contribution in [0.5, 0.6) is 0 Å². The molecule has 3 rings (SSSR count). The first-order valence-electron chi connectivity index (χ1n) is 6.16. The summed E-state index contributed by atoms with van der Waals surface area (Å²) in [6.45, 7) is 0. The first kappa shape index (κ1) is 12.2. The molecule has 5 heteroatoms. The first-order valence-corrected chi connectivity index (χ1v) is 6.16. The quantitative estimate of drug-likeness (QED) is 0.834. The lowest BCUT2D eigenvalue weighted by Gasteiger charge is -2.25. The number of anilines is 2. The number of carbonyl (C=O) groups excluding carboxylic acids is 1. The zero-order valence-electron chi connectivity index (χ0n) is 10.5. The van der Waals surface area contributed by atoms with Crippen molar-refractivity contribution in [3.05, 3.63) is 59.7 Å². The van der Waals surface area contributed by atoms with Crippen LogP contribution < -0.4 is 10.4 Å². The highest BCUT2D eigenvalue weighted by Crippen LogP contribution is 2.34. The van der Waals surface area contributed by atoms with Gasteiger partial charge in [0.25, 0.3) is 0 Å². The molecule has 2 aromatic carbocycles. The van der Waals surface area contributed by atoms with Gasteiger partial charge < -0.3 is 5.11 Å². The molecule has 1 aliphatic rings. The zero-order valence-corrected chi connectivity index (χ0v) is 10.5. The van der Waals surface area contributed by atoms with Crippen molar-refractivity contribution in [3.63, 3.8) is 0 Å². The van der Waals surface area contributed by atoms with Gasteiger partial charge in [0.2, 0.25) is 0 Å². The summed E-state index contributed by atoms with van der Waals surface area (Å²) in [6.07, 6.45) is -0.922. The van der Waals surface area contributed by atoms with Gasteiger partial charge in [0.1, 0.15) is 0 Å². The van der Waals surface area contributed by atoms with Gasteiger partial charge >= 0.3 is 6.09 Å². The summed E-state index contributed by atoms with van der Waals surface area (Å²) in [5.41, 5.74) is 4.88. The number of nitrogens with one attached hydrogen (secondary N) is 1. The second-order valence-electron chi connectivity index (χ2n) is 4.50. The largest absolute Gasteiger partial charge is 0.464 e. The molecular formula is C15H12N2O3. The van der Waals surface area contributed by atoms with E-state index in [1.807, 2.05) is 18.2 Å². The van der Waals surface area contributed by atoms with Gasteiger partial charge in [0.15, 0.2) is 5.78 Å². The number of benzene rings is 2.